The van der Waals surface area contributed by atoms with Crippen molar-refractivity contribution in [1.29, 1.82) is 0 Å². The van der Waals surface area contributed by atoms with Gasteiger partial charge in [-0.25, -0.2) is 0 Å². The van der Waals surface area contributed by atoms with Crippen molar-refractivity contribution in [3.05, 3.63) is 71.0 Å². The smallest absolute Gasteiger partial charge is 0.148 e. The van der Waals surface area contributed by atoms with Crippen LogP contribution in [0.2, 0.25) is 5.02 Å². The molecule has 0 amide bonds. The van der Waals surface area contributed by atoms with Crippen molar-refractivity contribution >= 4 is 17.1 Å². The molecule has 0 spiro atoms. The number of pyridine rings is 1. The van der Waals surface area contributed by atoms with Crippen LogP contribution in [0.25, 0.3) is 5.52 Å². The lowest BCUT2D eigenvalue weighted by Gasteiger charge is -2.06. The van der Waals surface area contributed by atoms with Gasteiger partial charge < -0.3 is 9.14 Å². The maximum absolute atomic E-state index is 5.92. The van der Waals surface area contributed by atoms with E-state index in [1.54, 1.807) is 0 Å². The zero-order valence-corrected chi connectivity index (χ0v) is 11.3. The lowest BCUT2D eigenvalue weighted by atomic mass is 10.2. The van der Waals surface area contributed by atoms with Gasteiger partial charge in [0.2, 0.25) is 0 Å². The minimum absolute atomic E-state index is 0.528. The molecule has 0 saturated carbocycles. The Morgan fingerprint density at radius 2 is 1.95 bits per heavy atom. The van der Waals surface area contributed by atoms with Crippen molar-refractivity contribution in [2.24, 2.45) is 0 Å². The van der Waals surface area contributed by atoms with Gasteiger partial charge in [0.15, 0.2) is 0 Å². The van der Waals surface area contributed by atoms with E-state index < -0.39 is 0 Å². The Balaban J connectivity index is 1.85. The van der Waals surface area contributed by atoms with Crippen LogP contribution >= 0.6 is 11.6 Å². The minimum Gasteiger partial charge on any atom is -0.486 e. The van der Waals surface area contributed by atoms with E-state index in [1.165, 1.54) is 0 Å². The number of benzene rings is 1. The van der Waals surface area contributed by atoms with Gasteiger partial charge in [0.25, 0.3) is 0 Å². The van der Waals surface area contributed by atoms with E-state index in [4.69, 9.17) is 16.3 Å². The summed E-state index contributed by atoms with van der Waals surface area (Å²) >= 11 is 5.87. The van der Waals surface area contributed by atoms with Crippen molar-refractivity contribution in [1.82, 2.24) is 4.40 Å². The summed E-state index contributed by atoms with van der Waals surface area (Å²) in [4.78, 5) is 0. The van der Waals surface area contributed by atoms with Crippen LogP contribution in [-0.2, 0) is 6.61 Å². The molecule has 1 radical (unpaired) electrons. The number of aromatic nitrogens is 1. The third kappa shape index (κ3) is 2.45. The van der Waals surface area contributed by atoms with Crippen LogP contribution in [0.5, 0.6) is 5.75 Å². The number of hydrogen-bond acceptors (Lipinski definition) is 1. The predicted octanol–water partition coefficient (Wildman–Crippen LogP) is 4.28. The fourth-order valence-corrected chi connectivity index (χ4v) is 2.19. The van der Waals surface area contributed by atoms with E-state index in [0.29, 0.717) is 6.61 Å². The molecule has 0 aliphatic carbocycles. The molecule has 3 heteroatoms. The van der Waals surface area contributed by atoms with Gasteiger partial charge in [-0.15, -0.1) is 0 Å². The van der Waals surface area contributed by atoms with Gasteiger partial charge in [-0.1, -0.05) is 29.8 Å². The zero-order chi connectivity index (χ0) is 13.2. The normalized spacial score (nSPS) is 10.8. The fraction of sp³-hybridized carbons (Fsp3) is 0.125. The summed E-state index contributed by atoms with van der Waals surface area (Å²) in [6, 6.07) is 13.7. The molecule has 19 heavy (non-hydrogen) atoms. The highest BCUT2D eigenvalue weighted by Crippen LogP contribution is 2.26. The lowest BCUT2D eigenvalue weighted by molar-refractivity contribution is 0.308. The standard InChI is InChI=1S/C16H13ClNO/c1-12-10-18-9-3-2-4-15(18)16(12)19-11-13-5-7-14(17)8-6-13/h2-9H,11H2,1H3. The van der Waals surface area contributed by atoms with Crippen LogP contribution in [-0.4, -0.2) is 4.40 Å². The summed E-state index contributed by atoms with van der Waals surface area (Å²) in [7, 11) is 0. The van der Waals surface area contributed by atoms with Crippen molar-refractivity contribution < 1.29 is 4.74 Å². The first kappa shape index (κ1) is 12.1. The van der Waals surface area contributed by atoms with Gasteiger partial charge in [-0.3, -0.25) is 0 Å². The predicted molar refractivity (Wildman–Crippen MR) is 76.8 cm³/mol. The summed E-state index contributed by atoms with van der Waals surface area (Å²) < 4.78 is 7.87. The van der Waals surface area contributed by atoms with Crippen LogP contribution in [0.1, 0.15) is 11.1 Å². The number of rotatable bonds is 3. The molecule has 3 rings (SSSR count). The summed E-state index contributed by atoms with van der Waals surface area (Å²) in [5, 5.41) is 0.739. The van der Waals surface area contributed by atoms with E-state index in [0.717, 1.165) is 27.4 Å². The molecule has 0 bridgehead atoms. The number of halogens is 1. The number of hydrogen-bond donors (Lipinski definition) is 0. The van der Waals surface area contributed by atoms with Gasteiger partial charge in [-0.05, 0) is 36.8 Å². The van der Waals surface area contributed by atoms with Crippen molar-refractivity contribution in [3.63, 3.8) is 0 Å². The Labute approximate surface area is 117 Å². The molecule has 0 aliphatic heterocycles. The SMILES string of the molecule is Cc1[c]n2ccccc2c1OCc1ccc(Cl)cc1. The number of nitrogens with zero attached hydrogens (tertiary/aromatic N) is 1. The van der Waals surface area contributed by atoms with Crippen molar-refractivity contribution in [2.45, 2.75) is 13.5 Å². The topological polar surface area (TPSA) is 13.6 Å². The molecule has 95 valence electrons. The molecule has 0 atom stereocenters. The molecule has 0 N–H and O–H groups in total. The van der Waals surface area contributed by atoms with Gasteiger partial charge in [0, 0.05) is 16.8 Å². The Hall–Kier alpha value is -1.93. The molecule has 2 heterocycles. The molecular weight excluding hydrogens is 258 g/mol. The van der Waals surface area contributed by atoms with Crippen LogP contribution < -0.4 is 4.74 Å². The summed E-state index contributed by atoms with van der Waals surface area (Å²) in [6.07, 6.45) is 5.21. The van der Waals surface area contributed by atoms with E-state index in [1.807, 2.05) is 60.0 Å². The Bertz CT molecular complexity index is 700. The Morgan fingerprint density at radius 3 is 2.74 bits per heavy atom. The summed E-state index contributed by atoms with van der Waals surface area (Å²) in [5.41, 5.74) is 3.15. The lowest BCUT2D eigenvalue weighted by Crippen LogP contribution is -1.95. The number of fused-ring (bicyclic) bond motifs is 1. The van der Waals surface area contributed by atoms with E-state index >= 15 is 0 Å². The van der Waals surface area contributed by atoms with Crippen molar-refractivity contribution in [3.8, 4) is 5.75 Å². The van der Waals surface area contributed by atoms with Crippen LogP contribution in [0.3, 0.4) is 0 Å². The monoisotopic (exact) mass is 270 g/mol. The average Bonchev–Trinajstić information content (AvgIpc) is 2.74. The number of ether oxygens (including phenoxy) is 1. The van der Waals surface area contributed by atoms with Gasteiger partial charge in [0.05, 0.1) is 11.7 Å². The molecule has 2 nitrogen and oxygen atoms in total. The maximum Gasteiger partial charge on any atom is 0.148 e. The molecule has 0 saturated heterocycles. The second kappa shape index (κ2) is 4.98. The maximum atomic E-state index is 5.92. The molecule has 1 aromatic carbocycles. The van der Waals surface area contributed by atoms with Crippen LogP contribution in [0.15, 0.2) is 48.7 Å². The molecule has 0 unspecified atom stereocenters. The molecule has 2 aromatic heterocycles. The largest absolute Gasteiger partial charge is 0.486 e. The van der Waals surface area contributed by atoms with Crippen LogP contribution in [0, 0.1) is 13.1 Å². The third-order valence-electron chi connectivity index (χ3n) is 3.02. The highest BCUT2D eigenvalue weighted by molar-refractivity contribution is 6.30. The average molecular weight is 271 g/mol. The summed E-state index contributed by atoms with van der Waals surface area (Å²) in [5.74, 6) is 0.885. The molecular formula is C16H13ClNO. The van der Waals surface area contributed by atoms with Crippen molar-refractivity contribution in [2.75, 3.05) is 0 Å². The second-order valence-corrected chi connectivity index (χ2v) is 4.87. The molecule has 0 aliphatic rings. The highest BCUT2D eigenvalue weighted by atomic mass is 35.5. The zero-order valence-electron chi connectivity index (χ0n) is 10.6. The Morgan fingerprint density at radius 1 is 1.16 bits per heavy atom. The first-order valence-corrected chi connectivity index (χ1v) is 6.48. The first-order valence-electron chi connectivity index (χ1n) is 6.10. The second-order valence-electron chi connectivity index (χ2n) is 4.44. The first-order chi connectivity index (χ1) is 9.24. The number of aryl methyl sites for hydroxylation is 1. The van der Waals surface area contributed by atoms with Crippen LogP contribution in [0.4, 0.5) is 0 Å². The van der Waals surface area contributed by atoms with E-state index in [-0.39, 0.29) is 0 Å². The summed E-state index contributed by atoms with van der Waals surface area (Å²) in [6.45, 7) is 2.53. The highest BCUT2D eigenvalue weighted by Gasteiger charge is 2.08. The fourth-order valence-electron chi connectivity index (χ4n) is 2.07. The van der Waals surface area contributed by atoms with E-state index in [2.05, 4.69) is 6.20 Å². The molecule has 0 fully saturated rings. The van der Waals surface area contributed by atoms with Gasteiger partial charge in [-0.2, -0.15) is 0 Å². The van der Waals surface area contributed by atoms with Gasteiger partial charge >= 0.3 is 0 Å². The minimum atomic E-state index is 0.528. The quantitative estimate of drug-likeness (QED) is 0.693. The third-order valence-corrected chi connectivity index (χ3v) is 3.27. The Kier molecular flexibility index (Phi) is 3.18. The van der Waals surface area contributed by atoms with Gasteiger partial charge in [0.1, 0.15) is 12.4 Å². The van der Waals surface area contributed by atoms with E-state index in [9.17, 15) is 0 Å². The molecule has 3 aromatic rings.